The molecule has 0 aromatic carbocycles. The second-order valence-corrected chi connectivity index (χ2v) is 5.26. The Bertz CT molecular complexity index is 207. The van der Waals surface area contributed by atoms with Gasteiger partial charge < -0.3 is 14.4 Å². The summed E-state index contributed by atoms with van der Waals surface area (Å²) in [5, 5.41) is 0. The van der Waals surface area contributed by atoms with Gasteiger partial charge in [-0.15, -0.1) is 0 Å². The summed E-state index contributed by atoms with van der Waals surface area (Å²) in [5.41, 5.74) is 0. The molecular weight excluding hydrogens is 226 g/mol. The van der Waals surface area contributed by atoms with Gasteiger partial charge in [-0.3, -0.25) is 0 Å². The van der Waals surface area contributed by atoms with Crippen molar-refractivity contribution in [3.05, 3.63) is 0 Å². The highest BCUT2D eigenvalue weighted by molar-refractivity contribution is 4.74. The van der Waals surface area contributed by atoms with E-state index in [-0.39, 0.29) is 12.4 Å². The highest BCUT2D eigenvalue weighted by atomic mass is 16.7. The molecule has 0 radical (unpaired) electrons. The van der Waals surface area contributed by atoms with Crippen LogP contribution < -0.4 is 0 Å². The molecule has 1 saturated heterocycles. The fourth-order valence-corrected chi connectivity index (χ4v) is 2.58. The Hall–Kier alpha value is -0.120. The molecule has 1 aliphatic heterocycles. The lowest BCUT2D eigenvalue weighted by Crippen LogP contribution is -2.34. The van der Waals surface area contributed by atoms with E-state index < -0.39 is 0 Å². The molecule has 3 unspecified atom stereocenters. The maximum Gasteiger partial charge on any atom is 0.161 e. The van der Waals surface area contributed by atoms with Crippen LogP contribution in [0.4, 0.5) is 0 Å². The highest BCUT2D eigenvalue weighted by Crippen LogP contribution is 2.26. The van der Waals surface area contributed by atoms with Gasteiger partial charge >= 0.3 is 0 Å². The van der Waals surface area contributed by atoms with E-state index in [4.69, 9.17) is 9.47 Å². The molecule has 18 heavy (non-hydrogen) atoms. The topological polar surface area (TPSA) is 21.7 Å². The van der Waals surface area contributed by atoms with Crippen molar-refractivity contribution in [3.8, 4) is 0 Å². The highest BCUT2D eigenvalue weighted by Gasteiger charge is 2.31. The van der Waals surface area contributed by atoms with Crippen LogP contribution in [-0.4, -0.2) is 43.5 Å². The van der Waals surface area contributed by atoms with Crippen molar-refractivity contribution in [2.24, 2.45) is 5.92 Å². The van der Waals surface area contributed by atoms with Crippen molar-refractivity contribution in [2.75, 3.05) is 26.2 Å². The SMILES string of the molecule is CCCCC(CC)C1OCC(CN(CC)CC)O1. The molecule has 0 aromatic heterocycles. The van der Waals surface area contributed by atoms with Crippen LogP contribution in [0.1, 0.15) is 53.4 Å². The zero-order valence-corrected chi connectivity index (χ0v) is 12.7. The van der Waals surface area contributed by atoms with Gasteiger partial charge in [0.15, 0.2) is 6.29 Å². The number of nitrogens with zero attached hydrogens (tertiary/aromatic N) is 1. The van der Waals surface area contributed by atoms with Crippen LogP contribution >= 0.6 is 0 Å². The third-order valence-electron chi connectivity index (χ3n) is 3.97. The molecule has 0 bridgehead atoms. The largest absolute Gasteiger partial charge is 0.350 e. The average molecular weight is 257 g/mol. The van der Waals surface area contributed by atoms with E-state index in [0.717, 1.165) is 32.7 Å². The van der Waals surface area contributed by atoms with E-state index in [0.29, 0.717) is 5.92 Å². The number of hydrogen-bond acceptors (Lipinski definition) is 3. The maximum atomic E-state index is 6.08. The number of likely N-dealkylation sites (N-methyl/N-ethyl adjacent to an activating group) is 1. The van der Waals surface area contributed by atoms with E-state index in [2.05, 4.69) is 32.6 Å². The fourth-order valence-electron chi connectivity index (χ4n) is 2.58. The molecule has 1 heterocycles. The first-order valence-corrected chi connectivity index (χ1v) is 7.74. The van der Waals surface area contributed by atoms with Gasteiger partial charge in [-0.05, 0) is 25.9 Å². The van der Waals surface area contributed by atoms with Crippen LogP contribution in [0.2, 0.25) is 0 Å². The monoisotopic (exact) mass is 257 g/mol. The first-order valence-electron chi connectivity index (χ1n) is 7.74. The summed E-state index contributed by atoms with van der Waals surface area (Å²) in [6.07, 6.45) is 5.24. The molecule has 0 N–H and O–H groups in total. The van der Waals surface area contributed by atoms with Gasteiger partial charge in [-0.1, -0.05) is 40.5 Å². The van der Waals surface area contributed by atoms with E-state index in [1.54, 1.807) is 0 Å². The first kappa shape index (κ1) is 15.9. The molecular formula is C15H31NO2. The summed E-state index contributed by atoms with van der Waals surface area (Å²) in [6, 6.07) is 0. The molecule has 0 spiro atoms. The predicted molar refractivity (Wildman–Crippen MR) is 75.7 cm³/mol. The molecule has 1 fully saturated rings. The summed E-state index contributed by atoms with van der Waals surface area (Å²) in [7, 11) is 0. The predicted octanol–water partition coefficient (Wildman–Crippen LogP) is 3.29. The summed E-state index contributed by atoms with van der Waals surface area (Å²) >= 11 is 0. The maximum absolute atomic E-state index is 6.08. The Balaban J connectivity index is 2.34. The second-order valence-electron chi connectivity index (χ2n) is 5.26. The van der Waals surface area contributed by atoms with Crippen molar-refractivity contribution < 1.29 is 9.47 Å². The van der Waals surface area contributed by atoms with Gasteiger partial charge in [0.05, 0.1) is 12.7 Å². The average Bonchev–Trinajstić information content (AvgIpc) is 2.85. The van der Waals surface area contributed by atoms with Crippen molar-refractivity contribution in [1.29, 1.82) is 0 Å². The summed E-state index contributed by atoms with van der Waals surface area (Å²) in [6.45, 7) is 12.8. The Labute approximate surface area is 113 Å². The molecule has 0 amide bonds. The minimum atomic E-state index is 0.0436. The number of hydrogen-bond donors (Lipinski definition) is 0. The Morgan fingerprint density at radius 1 is 1.17 bits per heavy atom. The van der Waals surface area contributed by atoms with Crippen LogP contribution in [0.3, 0.4) is 0 Å². The van der Waals surface area contributed by atoms with E-state index in [9.17, 15) is 0 Å². The van der Waals surface area contributed by atoms with Crippen LogP contribution in [0.25, 0.3) is 0 Å². The van der Waals surface area contributed by atoms with Crippen molar-refractivity contribution in [1.82, 2.24) is 4.90 Å². The van der Waals surface area contributed by atoms with Gasteiger partial charge in [0, 0.05) is 12.5 Å². The molecule has 108 valence electrons. The molecule has 0 aliphatic carbocycles. The van der Waals surface area contributed by atoms with E-state index in [1.807, 2.05) is 0 Å². The quantitative estimate of drug-likeness (QED) is 0.632. The normalized spacial score (nSPS) is 25.8. The van der Waals surface area contributed by atoms with Gasteiger partial charge in [0.2, 0.25) is 0 Å². The van der Waals surface area contributed by atoms with Crippen LogP contribution in [0.15, 0.2) is 0 Å². The lowest BCUT2D eigenvalue weighted by molar-refractivity contribution is -0.102. The lowest BCUT2D eigenvalue weighted by Gasteiger charge is -2.23. The minimum absolute atomic E-state index is 0.0436. The Morgan fingerprint density at radius 2 is 1.89 bits per heavy atom. The molecule has 1 aliphatic rings. The summed E-state index contributed by atoms with van der Waals surface area (Å²) < 4.78 is 11.9. The summed E-state index contributed by atoms with van der Waals surface area (Å²) in [5.74, 6) is 0.576. The Kier molecular flexibility index (Phi) is 7.87. The summed E-state index contributed by atoms with van der Waals surface area (Å²) in [4.78, 5) is 2.41. The van der Waals surface area contributed by atoms with Crippen molar-refractivity contribution >= 4 is 0 Å². The molecule has 3 atom stereocenters. The molecule has 3 nitrogen and oxygen atoms in total. The van der Waals surface area contributed by atoms with Crippen LogP contribution in [0.5, 0.6) is 0 Å². The standard InChI is InChI=1S/C15H31NO2/c1-5-9-10-13(6-2)15-17-12-14(18-15)11-16(7-3)8-4/h13-15H,5-12H2,1-4H3. The number of unbranched alkanes of at least 4 members (excludes halogenated alkanes) is 1. The van der Waals surface area contributed by atoms with Crippen molar-refractivity contribution in [3.63, 3.8) is 0 Å². The van der Waals surface area contributed by atoms with Gasteiger partial charge in [0.1, 0.15) is 0 Å². The van der Waals surface area contributed by atoms with E-state index in [1.165, 1.54) is 19.3 Å². The molecule has 3 heteroatoms. The molecule has 0 saturated carbocycles. The second kappa shape index (κ2) is 8.89. The first-order chi connectivity index (χ1) is 8.74. The smallest absolute Gasteiger partial charge is 0.161 e. The number of rotatable bonds is 9. The van der Waals surface area contributed by atoms with Crippen LogP contribution in [-0.2, 0) is 9.47 Å². The molecule has 1 rings (SSSR count). The Morgan fingerprint density at radius 3 is 2.44 bits per heavy atom. The zero-order valence-electron chi connectivity index (χ0n) is 12.7. The lowest BCUT2D eigenvalue weighted by atomic mass is 9.99. The van der Waals surface area contributed by atoms with E-state index >= 15 is 0 Å². The zero-order chi connectivity index (χ0) is 13.4. The number of ether oxygens (including phenoxy) is 2. The van der Waals surface area contributed by atoms with Gasteiger partial charge in [-0.25, -0.2) is 0 Å². The fraction of sp³-hybridized carbons (Fsp3) is 1.00. The third kappa shape index (κ3) is 4.87. The van der Waals surface area contributed by atoms with Gasteiger partial charge in [-0.2, -0.15) is 0 Å². The molecule has 0 aromatic rings. The van der Waals surface area contributed by atoms with Crippen LogP contribution in [0, 0.1) is 5.92 Å². The van der Waals surface area contributed by atoms with Crippen molar-refractivity contribution in [2.45, 2.75) is 65.8 Å². The third-order valence-corrected chi connectivity index (χ3v) is 3.97. The minimum Gasteiger partial charge on any atom is -0.350 e. The van der Waals surface area contributed by atoms with Gasteiger partial charge in [0.25, 0.3) is 0 Å².